The van der Waals surface area contributed by atoms with Crippen molar-refractivity contribution < 1.29 is 19.2 Å². The summed E-state index contributed by atoms with van der Waals surface area (Å²) in [4.78, 5) is 53.2. The standard InChI is InChI=1S/C25H26N4O4/c1-28-24(33)27-23(32)25(28)13-17-9-10-19(12-18(17)14-25)26-21(30)15-29-11-5-8-20(22(29)31)16-6-3-2-4-7-16/h2-4,6-7,9-10,12,20H,5,8,11,13-15H2,1H3,(H,26,30)(H,27,32,33)/t20-,25?/m1/s1. The second kappa shape index (κ2) is 8.03. The van der Waals surface area contributed by atoms with Crippen molar-refractivity contribution in [2.75, 3.05) is 25.5 Å². The van der Waals surface area contributed by atoms with E-state index in [0.29, 0.717) is 25.1 Å². The van der Waals surface area contributed by atoms with Crippen LogP contribution in [0.25, 0.3) is 0 Å². The summed E-state index contributed by atoms with van der Waals surface area (Å²) in [7, 11) is 1.63. The number of likely N-dealkylation sites (tertiary alicyclic amines) is 1. The molecule has 1 unspecified atom stereocenters. The molecule has 1 spiro atoms. The average Bonchev–Trinajstić information content (AvgIpc) is 3.29. The number of nitrogens with one attached hydrogen (secondary N) is 2. The third kappa shape index (κ3) is 3.65. The van der Waals surface area contributed by atoms with Crippen LogP contribution in [0.1, 0.15) is 35.4 Å². The van der Waals surface area contributed by atoms with E-state index in [1.54, 1.807) is 18.0 Å². The van der Waals surface area contributed by atoms with Gasteiger partial charge in [0.05, 0.1) is 12.5 Å². The molecule has 5 amide bonds. The maximum atomic E-state index is 13.0. The monoisotopic (exact) mass is 446 g/mol. The van der Waals surface area contributed by atoms with Crippen molar-refractivity contribution in [2.45, 2.75) is 37.1 Å². The first-order valence-electron chi connectivity index (χ1n) is 11.2. The van der Waals surface area contributed by atoms with Gasteiger partial charge in [-0.2, -0.15) is 0 Å². The number of fused-ring (bicyclic) bond motifs is 1. The van der Waals surface area contributed by atoms with E-state index >= 15 is 0 Å². The highest BCUT2D eigenvalue weighted by Gasteiger charge is 2.54. The normalized spacial score (nSPS) is 24.3. The number of urea groups is 1. The number of likely N-dealkylation sites (N-methyl/N-ethyl adjacent to an activating group) is 1. The summed E-state index contributed by atoms with van der Waals surface area (Å²) < 4.78 is 0. The van der Waals surface area contributed by atoms with E-state index < -0.39 is 5.54 Å². The molecule has 5 rings (SSSR count). The maximum absolute atomic E-state index is 13.0. The summed E-state index contributed by atoms with van der Waals surface area (Å²) in [6.07, 6.45) is 2.50. The minimum atomic E-state index is -0.894. The second-order valence-corrected chi connectivity index (χ2v) is 9.10. The van der Waals surface area contributed by atoms with Crippen LogP contribution in [0.2, 0.25) is 0 Å². The zero-order valence-electron chi connectivity index (χ0n) is 18.5. The molecule has 33 heavy (non-hydrogen) atoms. The van der Waals surface area contributed by atoms with E-state index in [2.05, 4.69) is 10.6 Å². The highest BCUT2D eigenvalue weighted by atomic mass is 16.2. The maximum Gasteiger partial charge on any atom is 0.324 e. The molecule has 0 saturated carbocycles. The summed E-state index contributed by atoms with van der Waals surface area (Å²) in [6.45, 7) is 0.570. The van der Waals surface area contributed by atoms with Crippen molar-refractivity contribution in [3.63, 3.8) is 0 Å². The Balaban J connectivity index is 1.25. The van der Waals surface area contributed by atoms with Crippen molar-refractivity contribution >= 4 is 29.4 Å². The van der Waals surface area contributed by atoms with Crippen LogP contribution in [-0.4, -0.2) is 59.2 Å². The highest BCUT2D eigenvalue weighted by Crippen LogP contribution is 2.38. The van der Waals surface area contributed by atoms with Gasteiger partial charge in [-0.3, -0.25) is 19.7 Å². The molecule has 2 fully saturated rings. The Bertz CT molecular complexity index is 1150. The smallest absolute Gasteiger partial charge is 0.324 e. The summed E-state index contributed by atoms with van der Waals surface area (Å²) >= 11 is 0. The fraction of sp³-hybridized carbons (Fsp3) is 0.360. The number of anilines is 1. The van der Waals surface area contributed by atoms with Crippen LogP contribution in [0.5, 0.6) is 0 Å². The molecule has 3 aliphatic rings. The van der Waals surface area contributed by atoms with Gasteiger partial charge >= 0.3 is 6.03 Å². The molecule has 2 atom stereocenters. The van der Waals surface area contributed by atoms with Crippen LogP contribution in [-0.2, 0) is 27.2 Å². The summed E-state index contributed by atoms with van der Waals surface area (Å²) in [6, 6.07) is 14.9. The van der Waals surface area contributed by atoms with Crippen LogP contribution in [0, 0.1) is 0 Å². The molecular formula is C25H26N4O4. The first-order chi connectivity index (χ1) is 15.9. The van der Waals surface area contributed by atoms with Gasteiger partial charge in [-0.1, -0.05) is 36.4 Å². The van der Waals surface area contributed by atoms with Crippen LogP contribution in [0.15, 0.2) is 48.5 Å². The summed E-state index contributed by atoms with van der Waals surface area (Å²) in [5.74, 6) is -0.761. The van der Waals surface area contributed by atoms with Crippen molar-refractivity contribution in [3.8, 4) is 0 Å². The summed E-state index contributed by atoms with van der Waals surface area (Å²) in [5.41, 5.74) is 2.63. The first kappa shape index (κ1) is 21.2. The molecule has 2 N–H and O–H groups in total. The van der Waals surface area contributed by atoms with Gasteiger partial charge in [-0.15, -0.1) is 0 Å². The number of benzene rings is 2. The van der Waals surface area contributed by atoms with E-state index in [4.69, 9.17) is 0 Å². The largest absolute Gasteiger partial charge is 0.333 e. The molecule has 1 aliphatic carbocycles. The van der Waals surface area contributed by atoms with Gasteiger partial charge < -0.3 is 15.1 Å². The fourth-order valence-corrected chi connectivity index (χ4v) is 5.24. The summed E-state index contributed by atoms with van der Waals surface area (Å²) in [5, 5.41) is 5.28. The molecule has 2 aromatic carbocycles. The minimum absolute atomic E-state index is 0.00281. The SMILES string of the molecule is CN1C(=O)NC(=O)C12Cc1ccc(NC(=O)CN3CCC[C@H](c4ccccc4)C3=O)cc1C2. The number of hydrogen-bond donors (Lipinski definition) is 2. The van der Waals surface area contributed by atoms with Crippen molar-refractivity contribution in [2.24, 2.45) is 0 Å². The number of hydrogen-bond acceptors (Lipinski definition) is 4. The van der Waals surface area contributed by atoms with Crippen molar-refractivity contribution in [3.05, 3.63) is 65.2 Å². The van der Waals surface area contributed by atoms with Crippen molar-refractivity contribution in [1.82, 2.24) is 15.1 Å². The Kier molecular flexibility index (Phi) is 5.15. The van der Waals surface area contributed by atoms with Gasteiger partial charge in [0, 0.05) is 32.1 Å². The second-order valence-electron chi connectivity index (χ2n) is 9.10. The van der Waals surface area contributed by atoms with E-state index in [0.717, 1.165) is 29.5 Å². The predicted molar refractivity (Wildman–Crippen MR) is 122 cm³/mol. The van der Waals surface area contributed by atoms with Gasteiger partial charge in [-0.05, 0) is 41.7 Å². The highest BCUT2D eigenvalue weighted by molar-refractivity contribution is 6.07. The van der Waals surface area contributed by atoms with Crippen LogP contribution in [0.3, 0.4) is 0 Å². The zero-order chi connectivity index (χ0) is 23.2. The molecule has 2 aromatic rings. The lowest BCUT2D eigenvalue weighted by atomic mass is 9.90. The quantitative estimate of drug-likeness (QED) is 0.703. The number of amides is 5. The van der Waals surface area contributed by atoms with Gasteiger partial charge in [0.15, 0.2) is 0 Å². The van der Waals surface area contributed by atoms with Crippen LogP contribution in [0.4, 0.5) is 10.5 Å². The van der Waals surface area contributed by atoms with E-state index in [9.17, 15) is 19.2 Å². The van der Waals surface area contributed by atoms with Gasteiger partial charge in [-0.25, -0.2) is 4.79 Å². The Hall–Kier alpha value is -3.68. The molecule has 8 nitrogen and oxygen atoms in total. The lowest BCUT2D eigenvalue weighted by Crippen LogP contribution is -2.48. The van der Waals surface area contributed by atoms with Crippen molar-refractivity contribution in [1.29, 1.82) is 0 Å². The number of carbonyl (C=O) groups is 4. The average molecular weight is 447 g/mol. The van der Waals surface area contributed by atoms with E-state index in [1.807, 2.05) is 42.5 Å². The third-order valence-corrected chi connectivity index (χ3v) is 7.11. The Labute approximate surface area is 191 Å². The fourth-order valence-electron chi connectivity index (χ4n) is 5.24. The Morgan fingerprint density at radius 1 is 1.09 bits per heavy atom. The number of piperidine rings is 1. The zero-order valence-corrected chi connectivity index (χ0v) is 18.5. The molecule has 170 valence electrons. The topological polar surface area (TPSA) is 98.8 Å². The molecule has 0 radical (unpaired) electrons. The lowest BCUT2D eigenvalue weighted by molar-refractivity contribution is -0.138. The van der Waals surface area contributed by atoms with E-state index in [-0.39, 0.29) is 36.2 Å². The molecular weight excluding hydrogens is 420 g/mol. The van der Waals surface area contributed by atoms with Gasteiger partial charge in [0.1, 0.15) is 5.54 Å². The number of imide groups is 1. The molecule has 0 aromatic heterocycles. The van der Waals surface area contributed by atoms with E-state index in [1.165, 1.54) is 4.90 Å². The molecule has 2 heterocycles. The first-order valence-corrected chi connectivity index (χ1v) is 11.2. The van der Waals surface area contributed by atoms with Crippen LogP contribution < -0.4 is 10.6 Å². The molecule has 2 aliphatic heterocycles. The van der Waals surface area contributed by atoms with Crippen LogP contribution >= 0.6 is 0 Å². The Morgan fingerprint density at radius 2 is 1.85 bits per heavy atom. The molecule has 0 bridgehead atoms. The third-order valence-electron chi connectivity index (χ3n) is 7.11. The number of carbonyl (C=O) groups excluding carboxylic acids is 4. The predicted octanol–water partition coefficient (Wildman–Crippen LogP) is 2.05. The number of rotatable bonds is 4. The number of nitrogens with zero attached hydrogens (tertiary/aromatic N) is 2. The minimum Gasteiger partial charge on any atom is -0.333 e. The Morgan fingerprint density at radius 3 is 2.58 bits per heavy atom. The molecule has 2 saturated heterocycles. The lowest BCUT2D eigenvalue weighted by Gasteiger charge is -2.32. The van der Waals surface area contributed by atoms with Gasteiger partial charge in [0.2, 0.25) is 11.8 Å². The molecule has 8 heteroatoms. The van der Waals surface area contributed by atoms with Gasteiger partial charge in [0.25, 0.3) is 5.91 Å².